The first kappa shape index (κ1) is 14.7. The molecule has 0 aromatic heterocycles. The molecule has 2 aliphatic heterocycles. The van der Waals surface area contributed by atoms with Crippen LogP contribution in [0.4, 0.5) is 0 Å². The van der Waals surface area contributed by atoms with E-state index in [9.17, 15) is 9.90 Å². The minimum absolute atomic E-state index is 0.0570. The number of likely N-dealkylation sites (N-methyl/N-ethyl adjacent to an activating group) is 1. The van der Waals surface area contributed by atoms with E-state index >= 15 is 0 Å². The third kappa shape index (κ3) is 3.01. The SMILES string of the molecule is CN1[C@H]2CC[C@@H]1CN(C(=O)Cc1ccc(O)c(Cl)c1)CC2. The lowest BCUT2D eigenvalue weighted by molar-refractivity contribution is -0.130. The van der Waals surface area contributed by atoms with Crippen LogP contribution in [0.5, 0.6) is 5.75 Å². The summed E-state index contributed by atoms with van der Waals surface area (Å²) in [4.78, 5) is 16.9. The number of benzene rings is 1. The number of hydrogen-bond acceptors (Lipinski definition) is 3. The van der Waals surface area contributed by atoms with E-state index in [4.69, 9.17) is 11.6 Å². The van der Waals surface area contributed by atoms with Crippen molar-refractivity contribution >= 4 is 17.5 Å². The molecule has 0 spiro atoms. The van der Waals surface area contributed by atoms with Crippen LogP contribution >= 0.6 is 11.6 Å². The van der Waals surface area contributed by atoms with E-state index in [1.807, 2.05) is 4.90 Å². The average Bonchev–Trinajstić information content (AvgIpc) is 2.67. The number of carbonyl (C=O) groups excluding carboxylic acids is 1. The van der Waals surface area contributed by atoms with Crippen LogP contribution in [-0.4, -0.2) is 53.0 Å². The summed E-state index contributed by atoms with van der Waals surface area (Å²) in [6, 6.07) is 6.12. The zero-order valence-electron chi connectivity index (χ0n) is 12.3. The number of halogens is 1. The molecule has 4 nitrogen and oxygen atoms in total. The van der Waals surface area contributed by atoms with Gasteiger partial charge >= 0.3 is 0 Å². The Hall–Kier alpha value is -1.26. The standard InChI is InChI=1S/C16H21ClN2O2/c1-18-12-3-4-13(18)10-19(7-6-12)16(21)9-11-2-5-15(20)14(17)8-11/h2,5,8,12-13,20H,3-4,6-7,9-10H2,1H3/t12-,13+/m0/s1. The van der Waals surface area contributed by atoms with Gasteiger partial charge in [-0.05, 0) is 44.0 Å². The summed E-state index contributed by atoms with van der Waals surface area (Å²) in [5.41, 5.74) is 0.852. The highest BCUT2D eigenvalue weighted by molar-refractivity contribution is 6.32. The number of phenolic OH excluding ortho intramolecular Hbond substituents is 1. The maximum atomic E-state index is 12.5. The van der Waals surface area contributed by atoms with Crippen molar-refractivity contribution in [1.29, 1.82) is 0 Å². The number of rotatable bonds is 2. The van der Waals surface area contributed by atoms with Gasteiger partial charge in [0.1, 0.15) is 5.75 Å². The van der Waals surface area contributed by atoms with Crippen molar-refractivity contribution in [2.24, 2.45) is 0 Å². The molecule has 0 radical (unpaired) electrons. The molecule has 1 N–H and O–H groups in total. The van der Waals surface area contributed by atoms with E-state index in [-0.39, 0.29) is 11.7 Å². The smallest absolute Gasteiger partial charge is 0.227 e. The Morgan fingerprint density at radius 2 is 2.10 bits per heavy atom. The molecule has 0 unspecified atom stereocenters. The van der Waals surface area contributed by atoms with Gasteiger partial charge in [0, 0.05) is 25.2 Å². The molecular formula is C16H21ClN2O2. The second-order valence-corrected chi connectivity index (χ2v) is 6.55. The van der Waals surface area contributed by atoms with E-state index in [1.54, 1.807) is 18.2 Å². The van der Waals surface area contributed by atoms with E-state index in [0.29, 0.717) is 23.5 Å². The predicted molar refractivity (Wildman–Crippen MR) is 82.6 cm³/mol. The van der Waals surface area contributed by atoms with Crippen LogP contribution < -0.4 is 0 Å². The average molecular weight is 309 g/mol. The monoisotopic (exact) mass is 308 g/mol. The lowest BCUT2D eigenvalue weighted by atomic mass is 10.1. The molecule has 2 aliphatic rings. The fourth-order valence-electron chi connectivity index (χ4n) is 3.48. The molecule has 3 rings (SSSR count). The van der Waals surface area contributed by atoms with Gasteiger partial charge in [0.05, 0.1) is 11.4 Å². The van der Waals surface area contributed by atoms with Crippen molar-refractivity contribution in [2.45, 2.75) is 37.8 Å². The highest BCUT2D eigenvalue weighted by Gasteiger charge is 2.35. The Morgan fingerprint density at radius 1 is 1.33 bits per heavy atom. The van der Waals surface area contributed by atoms with Crippen LogP contribution in [0.15, 0.2) is 18.2 Å². The van der Waals surface area contributed by atoms with Crippen LogP contribution in [0.3, 0.4) is 0 Å². The van der Waals surface area contributed by atoms with E-state index < -0.39 is 0 Å². The maximum Gasteiger partial charge on any atom is 0.227 e. The molecule has 114 valence electrons. The zero-order valence-corrected chi connectivity index (χ0v) is 13.0. The number of fused-ring (bicyclic) bond motifs is 2. The van der Waals surface area contributed by atoms with Gasteiger partial charge in [-0.2, -0.15) is 0 Å². The first-order valence-electron chi connectivity index (χ1n) is 7.51. The first-order chi connectivity index (χ1) is 10.0. The van der Waals surface area contributed by atoms with Crippen molar-refractivity contribution < 1.29 is 9.90 Å². The molecule has 1 aromatic carbocycles. The molecule has 2 atom stereocenters. The molecule has 21 heavy (non-hydrogen) atoms. The number of likely N-dealkylation sites (tertiary alicyclic amines) is 1. The summed E-state index contributed by atoms with van der Waals surface area (Å²) in [5, 5.41) is 9.73. The van der Waals surface area contributed by atoms with Gasteiger partial charge in [0.15, 0.2) is 0 Å². The highest BCUT2D eigenvalue weighted by atomic mass is 35.5. The Morgan fingerprint density at radius 3 is 2.86 bits per heavy atom. The number of carbonyl (C=O) groups is 1. The number of amides is 1. The Balaban J connectivity index is 1.66. The summed E-state index contributed by atoms with van der Waals surface area (Å²) in [6.07, 6.45) is 3.86. The van der Waals surface area contributed by atoms with E-state index in [2.05, 4.69) is 11.9 Å². The summed E-state index contributed by atoms with van der Waals surface area (Å²) < 4.78 is 0. The van der Waals surface area contributed by atoms with Crippen LogP contribution in [0.2, 0.25) is 5.02 Å². The highest BCUT2D eigenvalue weighted by Crippen LogP contribution is 2.29. The van der Waals surface area contributed by atoms with Crippen molar-refractivity contribution in [3.05, 3.63) is 28.8 Å². The Labute approximate surface area is 130 Å². The van der Waals surface area contributed by atoms with Gasteiger partial charge in [-0.3, -0.25) is 9.69 Å². The molecule has 5 heteroatoms. The van der Waals surface area contributed by atoms with Gasteiger partial charge in [-0.15, -0.1) is 0 Å². The molecule has 2 heterocycles. The van der Waals surface area contributed by atoms with Crippen LogP contribution in [0.25, 0.3) is 0 Å². The minimum atomic E-state index is 0.0570. The van der Waals surface area contributed by atoms with Crippen LogP contribution in [0, 0.1) is 0 Å². The quantitative estimate of drug-likeness (QED) is 0.911. The number of nitrogens with zero attached hydrogens (tertiary/aromatic N) is 2. The fourth-order valence-corrected chi connectivity index (χ4v) is 3.69. The third-order valence-corrected chi connectivity index (χ3v) is 5.17. The summed E-state index contributed by atoms with van der Waals surface area (Å²) in [6.45, 7) is 1.67. The lowest BCUT2D eigenvalue weighted by Crippen LogP contribution is -2.40. The summed E-state index contributed by atoms with van der Waals surface area (Å²) in [7, 11) is 2.18. The molecule has 1 aromatic rings. The number of phenols is 1. The van der Waals surface area contributed by atoms with Gasteiger partial charge in [0.25, 0.3) is 0 Å². The van der Waals surface area contributed by atoms with Crippen LogP contribution in [0.1, 0.15) is 24.8 Å². The molecule has 2 fully saturated rings. The van der Waals surface area contributed by atoms with Crippen LogP contribution in [-0.2, 0) is 11.2 Å². The number of aromatic hydroxyl groups is 1. The lowest BCUT2D eigenvalue weighted by Gasteiger charge is -2.26. The number of hydrogen-bond donors (Lipinski definition) is 1. The second-order valence-electron chi connectivity index (χ2n) is 6.14. The molecular weight excluding hydrogens is 288 g/mol. The molecule has 0 saturated carbocycles. The maximum absolute atomic E-state index is 12.5. The van der Waals surface area contributed by atoms with Gasteiger partial charge in [0.2, 0.25) is 5.91 Å². The third-order valence-electron chi connectivity index (χ3n) is 4.87. The van der Waals surface area contributed by atoms with E-state index in [1.165, 1.54) is 12.8 Å². The van der Waals surface area contributed by atoms with Crippen molar-refractivity contribution in [3.8, 4) is 5.75 Å². The van der Waals surface area contributed by atoms with Gasteiger partial charge < -0.3 is 10.0 Å². The fraction of sp³-hybridized carbons (Fsp3) is 0.562. The normalized spacial score (nSPS) is 25.9. The topological polar surface area (TPSA) is 43.8 Å². The summed E-state index contributed by atoms with van der Waals surface area (Å²) >= 11 is 5.90. The van der Waals surface area contributed by atoms with E-state index in [0.717, 1.165) is 25.1 Å². The molecule has 2 saturated heterocycles. The van der Waals surface area contributed by atoms with Crippen molar-refractivity contribution in [2.75, 3.05) is 20.1 Å². The first-order valence-corrected chi connectivity index (χ1v) is 7.89. The second kappa shape index (κ2) is 5.85. The Bertz CT molecular complexity index is 549. The summed E-state index contributed by atoms with van der Waals surface area (Å²) in [5.74, 6) is 0.208. The Kier molecular flexibility index (Phi) is 4.09. The van der Waals surface area contributed by atoms with Crippen molar-refractivity contribution in [3.63, 3.8) is 0 Å². The minimum Gasteiger partial charge on any atom is -0.506 e. The van der Waals surface area contributed by atoms with Gasteiger partial charge in [-0.1, -0.05) is 17.7 Å². The molecule has 1 amide bonds. The van der Waals surface area contributed by atoms with Crippen molar-refractivity contribution in [1.82, 2.24) is 9.80 Å². The predicted octanol–water partition coefficient (Wildman–Crippen LogP) is 2.28. The molecule has 0 aliphatic carbocycles. The molecule has 2 bridgehead atoms. The van der Waals surface area contributed by atoms with Gasteiger partial charge in [-0.25, -0.2) is 0 Å². The zero-order chi connectivity index (χ0) is 15.0. The largest absolute Gasteiger partial charge is 0.506 e.